The van der Waals surface area contributed by atoms with Crippen molar-refractivity contribution in [2.75, 3.05) is 19.3 Å². The summed E-state index contributed by atoms with van der Waals surface area (Å²) in [5, 5.41) is 7.24. The summed E-state index contributed by atoms with van der Waals surface area (Å²) in [7, 11) is 1.82. The summed E-state index contributed by atoms with van der Waals surface area (Å²) in [4.78, 5) is 14.1. The molecule has 1 amide bonds. The monoisotopic (exact) mass is 380 g/mol. The van der Waals surface area contributed by atoms with Crippen LogP contribution in [0.15, 0.2) is 54.6 Å². The van der Waals surface area contributed by atoms with Crippen molar-refractivity contribution in [2.24, 2.45) is 0 Å². The number of rotatable bonds is 8. The first-order valence-corrected chi connectivity index (χ1v) is 9.40. The summed E-state index contributed by atoms with van der Waals surface area (Å²) in [6.45, 7) is 0.664. The molecule has 28 heavy (non-hydrogen) atoms. The minimum atomic E-state index is -0.278. The molecule has 0 saturated heterocycles. The highest BCUT2D eigenvalue weighted by Crippen LogP contribution is 2.19. The van der Waals surface area contributed by atoms with Gasteiger partial charge in [-0.3, -0.25) is 9.89 Å². The Hall–Kier alpha value is -3.15. The summed E-state index contributed by atoms with van der Waals surface area (Å²) in [5.41, 5.74) is 10.1. The summed E-state index contributed by atoms with van der Waals surface area (Å²) >= 11 is 0. The molecular formula is C22H25FN4O. The number of carbonyl (C=O) groups excluding carboxylic acids is 1. The van der Waals surface area contributed by atoms with Crippen molar-refractivity contribution in [3.63, 3.8) is 0 Å². The van der Waals surface area contributed by atoms with Gasteiger partial charge in [0.05, 0.1) is 5.69 Å². The molecule has 0 unspecified atom stereocenters. The zero-order valence-electron chi connectivity index (χ0n) is 16.0. The van der Waals surface area contributed by atoms with Crippen LogP contribution in [0.2, 0.25) is 0 Å². The van der Waals surface area contributed by atoms with Gasteiger partial charge in [0, 0.05) is 37.0 Å². The Morgan fingerprint density at radius 3 is 2.75 bits per heavy atom. The summed E-state index contributed by atoms with van der Waals surface area (Å²) < 4.78 is 13.3. The quantitative estimate of drug-likeness (QED) is 0.583. The van der Waals surface area contributed by atoms with E-state index in [2.05, 4.69) is 10.2 Å². The first-order valence-electron chi connectivity index (χ1n) is 9.40. The number of aryl methyl sites for hydroxylation is 2. The molecule has 0 atom stereocenters. The third kappa shape index (κ3) is 5.19. The number of nitrogens with one attached hydrogen (secondary N) is 1. The van der Waals surface area contributed by atoms with E-state index < -0.39 is 0 Å². The van der Waals surface area contributed by atoms with Crippen LogP contribution in [0.1, 0.15) is 24.1 Å². The van der Waals surface area contributed by atoms with Crippen LogP contribution >= 0.6 is 0 Å². The molecule has 0 spiro atoms. The van der Waals surface area contributed by atoms with Gasteiger partial charge in [-0.2, -0.15) is 5.10 Å². The molecule has 6 heteroatoms. The number of hydrogen-bond acceptors (Lipinski definition) is 3. The van der Waals surface area contributed by atoms with E-state index in [0.717, 1.165) is 41.0 Å². The second-order valence-electron chi connectivity index (χ2n) is 6.91. The molecule has 1 aromatic heterocycles. The lowest BCUT2D eigenvalue weighted by Gasteiger charge is -2.17. The Morgan fingerprint density at radius 2 is 1.96 bits per heavy atom. The van der Waals surface area contributed by atoms with Crippen LogP contribution in [-0.2, 0) is 17.6 Å². The van der Waals surface area contributed by atoms with Gasteiger partial charge in [-0.1, -0.05) is 30.3 Å². The van der Waals surface area contributed by atoms with Gasteiger partial charge in [-0.25, -0.2) is 4.39 Å². The lowest BCUT2D eigenvalue weighted by molar-refractivity contribution is -0.129. The van der Waals surface area contributed by atoms with E-state index >= 15 is 0 Å². The number of halogens is 1. The first-order chi connectivity index (χ1) is 13.5. The number of aromatic amines is 1. The molecule has 0 bridgehead atoms. The molecule has 1 heterocycles. The van der Waals surface area contributed by atoms with Crippen molar-refractivity contribution in [1.29, 1.82) is 0 Å². The van der Waals surface area contributed by atoms with E-state index in [-0.39, 0.29) is 11.7 Å². The minimum absolute atomic E-state index is 0.105. The number of anilines is 1. The van der Waals surface area contributed by atoms with Crippen LogP contribution in [0.25, 0.3) is 11.3 Å². The molecule has 3 N–H and O–H groups in total. The molecule has 3 aromatic rings. The number of carbonyl (C=O) groups is 1. The highest BCUT2D eigenvalue weighted by Gasteiger charge is 2.10. The molecule has 0 aliphatic carbocycles. The van der Waals surface area contributed by atoms with Gasteiger partial charge in [0.15, 0.2) is 0 Å². The lowest BCUT2D eigenvalue weighted by atomic mass is 10.1. The van der Waals surface area contributed by atoms with E-state index in [1.54, 1.807) is 11.0 Å². The number of hydrogen-bond donors (Lipinski definition) is 2. The topological polar surface area (TPSA) is 75.0 Å². The highest BCUT2D eigenvalue weighted by atomic mass is 19.1. The highest BCUT2D eigenvalue weighted by molar-refractivity contribution is 5.76. The number of nitrogens with zero attached hydrogens (tertiary/aromatic N) is 2. The van der Waals surface area contributed by atoms with Crippen molar-refractivity contribution in [1.82, 2.24) is 15.1 Å². The SMILES string of the molecule is CN(CCCc1cc(-c2cccc(F)c2)n[nH]1)C(=O)CCc1ccccc1N. The Labute approximate surface area is 164 Å². The van der Waals surface area contributed by atoms with Crippen LogP contribution in [-0.4, -0.2) is 34.6 Å². The molecule has 0 aliphatic heterocycles. The number of aromatic nitrogens is 2. The molecule has 146 valence electrons. The first kappa shape index (κ1) is 19.6. The molecule has 0 fully saturated rings. The van der Waals surface area contributed by atoms with Gasteiger partial charge in [0.25, 0.3) is 0 Å². The maximum Gasteiger partial charge on any atom is 0.222 e. The van der Waals surface area contributed by atoms with Crippen LogP contribution in [0.5, 0.6) is 0 Å². The average Bonchev–Trinajstić information content (AvgIpc) is 3.16. The predicted molar refractivity (Wildman–Crippen MR) is 109 cm³/mol. The number of amides is 1. The van der Waals surface area contributed by atoms with Gasteiger partial charge >= 0.3 is 0 Å². The maximum absolute atomic E-state index is 13.3. The standard InChI is InChI=1S/C22H25FN4O/c1-27(22(28)12-11-16-6-2-3-10-20(16)24)13-5-9-19-15-21(26-25-19)17-7-4-8-18(23)14-17/h2-4,6-8,10,14-15H,5,9,11-13,24H2,1H3,(H,25,26). The third-order valence-corrected chi connectivity index (χ3v) is 4.78. The Morgan fingerprint density at radius 1 is 1.14 bits per heavy atom. The van der Waals surface area contributed by atoms with Crippen molar-refractivity contribution in [3.05, 3.63) is 71.7 Å². The number of H-pyrrole nitrogens is 1. The van der Waals surface area contributed by atoms with Gasteiger partial charge in [0.2, 0.25) is 5.91 Å². The van der Waals surface area contributed by atoms with E-state index in [1.165, 1.54) is 12.1 Å². The van der Waals surface area contributed by atoms with E-state index in [1.807, 2.05) is 43.4 Å². The van der Waals surface area contributed by atoms with E-state index in [9.17, 15) is 9.18 Å². The minimum Gasteiger partial charge on any atom is -0.399 e. The lowest BCUT2D eigenvalue weighted by Crippen LogP contribution is -2.28. The zero-order chi connectivity index (χ0) is 19.9. The summed E-state index contributed by atoms with van der Waals surface area (Å²) in [6.07, 6.45) is 2.68. The van der Waals surface area contributed by atoms with Crippen LogP contribution in [0, 0.1) is 5.82 Å². The molecule has 5 nitrogen and oxygen atoms in total. The normalized spacial score (nSPS) is 10.8. The molecule has 0 aliphatic rings. The summed E-state index contributed by atoms with van der Waals surface area (Å²) in [5.74, 6) is -0.173. The van der Waals surface area contributed by atoms with Gasteiger partial charge in [-0.05, 0) is 49.1 Å². The number of nitrogens with two attached hydrogens (primary N) is 1. The fraction of sp³-hybridized carbons (Fsp3) is 0.273. The molecular weight excluding hydrogens is 355 g/mol. The summed E-state index contributed by atoms with van der Waals surface area (Å²) in [6, 6.07) is 15.9. The van der Waals surface area contributed by atoms with Crippen LogP contribution in [0.4, 0.5) is 10.1 Å². The van der Waals surface area contributed by atoms with Gasteiger partial charge in [0.1, 0.15) is 5.82 Å². The van der Waals surface area contributed by atoms with Gasteiger partial charge < -0.3 is 10.6 Å². The fourth-order valence-electron chi connectivity index (χ4n) is 3.11. The van der Waals surface area contributed by atoms with E-state index in [0.29, 0.717) is 19.4 Å². The van der Waals surface area contributed by atoms with Crippen molar-refractivity contribution in [2.45, 2.75) is 25.7 Å². The smallest absolute Gasteiger partial charge is 0.222 e. The van der Waals surface area contributed by atoms with Crippen LogP contribution < -0.4 is 5.73 Å². The fourth-order valence-corrected chi connectivity index (χ4v) is 3.11. The van der Waals surface area contributed by atoms with Crippen LogP contribution in [0.3, 0.4) is 0 Å². The van der Waals surface area contributed by atoms with Gasteiger partial charge in [-0.15, -0.1) is 0 Å². The molecule has 2 aromatic carbocycles. The van der Waals surface area contributed by atoms with Crippen molar-refractivity contribution < 1.29 is 9.18 Å². The van der Waals surface area contributed by atoms with Crippen molar-refractivity contribution in [3.8, 4) is 11.3 Å². The second kappa shape index (κ2) is 9.17. The predicted octanol–water partition coefficient (Wildman–Crippen LogP) is 3.82. The average molecular weight is 380 g/mol. The van der Waals surface area contributed by atoms with Crippen molar-refractivity contribution >= 4 is 11.6 Å². The number of para-hydroxylation sites is 1. The zero-order valence-corrected chi connectivity index (χ0v) is 16.0. The van der Waals surface area contributed by atoms with E-state index in [4.69, 9.17) is 5.73 Å². The second-order valence-corrected chi connectivity index (χ2v) is 6.91. The largest absolute Gasteiger partial charge is 0.399 e. The Balaban J connectivity index is 1.44. The Kier molecular flexibility index (Phi) is 6.42. The maximum atomic E-state index is 13.3. The number of nitrogen functional groups attached to an aromatic ring is 1. The molecule has 0 saturated carbocycles. The molecule has 0 radical (unpaired) electrons. The number of benzene rings is 2. The third-order valence-electron chi connectivity index (χ3n) is 4.78. The molecule has 3 rings (SSSR count). The Bertz CT molecular complexity index is 938.